The van der Waals surface area contributed by atoms with Gasteiger partial charge in [0, 0.05) is 36.7 Å². The normalized spacial score (nSPS) is 15.7. The van der Waals surface area contributed by atoms with Crippen LogP contribution in [0.25, 0.3) is 0 Å². The number of benzene rings is 1. The Morgan fingerprint density at radius 1 is 1.14 bits per heavy atom. The zero-order chi connectivity index (χ0) is 19.9. The highest BCUT2D eigenvalue weighted by molar-refractivity contribution is 6.05. The van der Waals surface area contributed by atoms with Gasteiger partial charge in [0.1, 0.15) is 5.69 Å². The number of anilines is 1. The molecule has 0 spiro atoms. The largest absolute Gasteiger partial charge is 0.493 e. The van der Waals surface area contributed by atoms with E-state index in [1.54, 1.807) is 31.4 Å². The minimum absolute atomic E-state index is 0.0421. The van der Waals surface area contributed by atoms with Gasteiger partial charge in [0.05, 0.1) is 20.3 Å². The second kappa shape index (κ2) is 9.18. The summed E-state index contributed by atoms with van der Waals surface area (Å²) in [6, 6.07) is 8.07. The Kier molecular flexibility index (Phi) is 6.44. The van der Waals surface area contributed by atoms with E-state index < -0.39 is 0 Å². The molecule has 2 heterocycles. The smallest absolute Gasteiger partial charge is 0.269 e. The van der Waals surface area contributed by atoms with Gasteiger partial charge in [-0.2, -0.15) is 0 Å². The maximum Gasteiger partial charge on any atom is 0.269 e. The molecular formula is C20H23N3O5. The highest BCUT2D eigenvalue weighted by Gasteiger charge is 2.18. The molecule has 148 valence electrons. The minimum Gasteiger partial charge on any atom is -0.493 e. The van der Waals surface area contributed by atoms with Crippen molar-refractivity contribution in [3.63, 3.8) is 0 Å². The molecule has 8 nitrogen and oxygen atoms in total. The Bertz CT molecular complexity index is 849. The van der Waals surface area contributed by atoms with Crippen molar-refractivity contribution in [1.82, 2.24) is 10.3 Å². The lowest BCUT2D eigenvalue weighted by Crippen LogP contribution is -2.32. The molecule has 1 aliphatic heterocycles. The number of nitrogens with zero attached hydrogens (tertiary/aromatic N) is 1. The molecule has 28 heavy (non-hydrogen) atoms. The Balaban J connectivity index is 1.65. The maximum absolute atomic E-state index is 12.5. The first-order chi connectivity index (χ1) is 13.6. The van der Waals surface area contributed by atoms with Crippen LogP contribution in [0.1, 0.15) is 33.7 Å². The Morgan fingerprint density at radius 3 is 2.68 bits per heavy atom. The predicted octanol–water partition coefficient (Wildman–Crippen LogP) is 2.26. The molecule has 1 saturated heterocycles. The Hall–Kier alpha value is -3.13. The number of pyridine rings is 1. The molecule has 2 aromatic rings. The van der Waals surface area contributed by atoms with Crippen LogP contribution >= 0.6 is 0 Å². The Morgan fingerprint density at radius 2 is 1.96 bits per heavy atom. The zero-order valence-electron chi connectivity index (χ0n) is 15.9. The average Bonchev–Trinajstić information content (AvgIpc) is 3.25. The summed E-state index contributed by atoms with van der Waals surface area (Å²) in [7, 11) is 3.06. The van der Waals surface area contributed by atoms with Crippen molar-refractivity contribution < 1.29 is 23.8 Å². The van der Waals surface area contributed by atoms with E-state index in [4.69, 9.17) is 14.2 Å². The van der Waals surface area contributed by atoms with E-state index in [-0.39, 0.29) is 23.6 Å². The summed E-state index contributed by atoms with van der Waals surface area (Å²) in [4.78, 5) is 28.9. The molecule has 1 unspecified atom stereocenters. The van der Waals surface area contributed by atoms with E-state index in [2.05, 4.69) is 15.6 Å². The average molecular weight is 385 g/mol. The van der Waals surface area contributed by atoms with Crippen molar-refractivity contribution in [2.24, 2.45) is 0 Å². The van der Waals surface area contributed by atoms with E-state index in [1.165, 1.54) is 19.4 Å². The Labute approximate surface area is 163 Å². The molecule has 2 N–H and O–H groups in total. The van der Waals surface area contributed by atoms with Crippen molar-refractivity contribution in [3.8, 4) is 11.5 Å². The highest BCUT2D eigenvalue weighted by atomic mass is 16.5. The van der Waals surface area contributed by atoms with E-state index in [0.717, 1.165) is 19.4 Å². The fourth-order valence-corrected chi connectivity index (χ4v) is 2.92. The van der Waals surface area contributed by atoms with Crippen LogP contribution in [0.4, 0.5) is 5.69 Å². The van der Waals surface area contributed by atoms with Crippen LogP contribution < -0.4 is 20.1 Å². The molecule has 1 aromatic heterocycles. The van der Waals surface area contributed by atoms with Crippen molar-refractivity contribution >= 4 is 17.5 Å². The van der Waals surface area contributed by atoms with Crippen molar-refractivity contribution in [2.45, 2.75) is 18.9 Å². The molecule has 2 amide bonds. The SMILES string of the molecule is COc1ccc(NC(=O)c2ccnc(C(=O)NCC3CCCO3)c2)cc1OC. The second-order valence-electron chi connectivity index (χ2n) is 6.30. The summed E-state index contributed by atoms with van der Waals surface area (Å²) in [5.74, 6) is 0.373. The van der Waals surface area contributed by atoms with Gasteiger partial charge in [0.25, 0.3) is 11.8 Å². The predicted molar refractivity (Wildman–Crippen MR) is 103 cm³/mol. The number of amides is 2. The minimum atomic E-state index is -0.359. The van der Waals surface area contributed by atoms with Crippen LogP contribution in [0.5, 0.6) is 11.5 Å². The molecule has 1 aromatic carbocycles. The number of aromatic nitrogens is 1. The van der Waals surface area contributed by atoms with E-state index in [1.807, 2.05) is 0 Å². The third-order valence-corrected chi connectivity index (χ3v) is 4.41. The summed E-state index contributed by atoms with van der Waals surface area (Å²) in [6.45, 7) is 1.16. The van der Waals surface area contributed by atoms with Gasteiger partial charge in [-0.1, -0.05) is 0 Å². The van der Waals surface area contributed by atoms with Crippen LogP contribution in [-0.2, 0) is 4.74 Å². The van der Waals surface area contributed by atoms with Crippen molar-refractivity contribution in [1.29, 1.82) is 0 Å². The lowest BCUT2D eigenvalue weighted by molar-refractivity contribution is 0.0853. The summed E-state index contributed by atoms with van der Waals surface area (Å²) in [5.41, 5.74) is 1.05. The zero-order valence-corrected chi connectivity index (χ0v) is 15.9. The number of hydrogen-bond acceptors (Lipinski definition) is 6. The van der Waals surface area contributed by atoms with Gasteiger partial charge in [0.15, 0.2) is 11.5 Å². The molecule has 3 rings (SSSR count). The quantitative estimate of drug-likeness (QED) is 0.759. The van der Waals surface area contributed by atoms with Crippen molar-refractivity contribution in [2.75, 3.05) is 32.7 Å². The van der Waals surface area contributed by atoms with E-state index >= 15 is 0 Å². The molecule has 0 radical (unpaired) electrons. The van der Waals surface area contributed by atoms with Gasteiger partial charge in [-0.15, -0.1) is 0 Å². The summed E-state index contributed by atoms with van der Waals surface area (Å²) in [5, 5.41) is 5.57. The van der Waals surface area contributed by atoms with Gasteiger partial charge in [-0.05, 0) is 37.1 Å². The van der Waals surface area contributed by atoms with E-state index in [9.17, 15) is 9.59 Å². The molecular weight excluding hydrogens is 362 g/mol. The molecule has 1 fully saturated rings. The molecule has 0 aliphatic carbocycles. The molecule has 0 saturated carbocycles. The molecule has 0 bridgehead atoms. The summed E-state index contributed by atoms with van der Waals surface area (Å²) >= 11 is 0. The standard InChI is InChI=1S/C20H23N3O5/c1-26-17-6-5-14(11-18(17)27-2)23-19(24)13-7-8-21-16(10-13)20(25)22-12-15-4-3-9-28-15/h5-8,10-11,15H,3-4,9,12H2,1-2H3,(H,22,25)(H,23,24). The lowest BCUT2D eigenvalue weighted by atomic mass is 10.2. The fraction of sp³-hybridized carbons (Fsp3) is 0.350. The number of methoxy groups -OCH3 is 2. The van der Waals surface area contributed by atoms with Crippen molar-refractivity contribution in [3.05, 3.63) is 47.8 Å². The topological polar surface area (TPSA) is 98.8 Å². The number of nitrogens with one attached hydrogen (secondary N) is 2. The number of carbonyl (C=O) groups is 2. The van der Waals surface area contributed by atoms with Crippen LogP contribution in [-0.4, -0.2) is 50.3 Å². The van der Waals surface area contributed by atoms with Crippen LogP contribution in [0, 0.1) is 0 Å². The number of carbonyl (C=O) groups excluding carboxylic acids is 2. The molecule has 8 heteroatoms. The summed E-state index contributed by atoms with van der Waals surface area (Å²) < 4.78 is 15.9. The third-order valence-electron chi connectivity index (χ3n) is 4.41. The number of hydrogen-bond donors (Lipinski definition) is 2. The van der Waals surface area contributed by atoms with Gasteiger partial charge < -0.3 is 24.8 Å². The number of rotatable bonds is 7. The van der Waals surface area contributed by atoms with Crippen LogP contribution in [0.15, 0.2) is 36.5 Å². The maximum atomic E-state index is 12.5. The number of ether oxygens (including phenoxy) is 3. The van der Waals surface area contributed by atoms with Gasteiger partial charge in [0.2, 0.25) is 0 Å². The first-order valence-corrected chi connectivity index (χ1v) is 9.00. The van der Waals surface area contributed by atoms with E-state index in [0.29, 0.717) is 29.3 Å². The van der Waals surface area contributed by atoms with Crippen LogP contribution in [0.3, 0.4) is 0 Å². The monoisotopic (exact) mass is 385 g/mol. The van der Waals surface area contributed by atoms with Crippen LogP contribution in [0.2, 0.25) is 0 Å². The fourth-order valence-electron chi connectivity index (χ4n) is 2.92. The molecule has 1 aliphatic rings. The highest BCUT2D eigenvalue weighted by Crippen LogP contribution is 2.29. The third kappa shape index (κ3) is 4.77. The second-order valence-corrected chi connectivity index (χ2v) is 6.30. The van der Waals surface area contributed by atoms with Gasteiger partial charge in [-0.3, -0.25) is 14.6 Å². The first kappa shape index (κ1) is 19.6. The lowest BCUT2D eigenvalue weighted by Gasteiger charge is -2.12. The summed E-state index contributed by atoms with van der Waals surface area (Å²) in [6.07, 6.45) is 3.41. The van der Waals surface area contributed by atoms with Gasteiger partial charge >= 0.3 is 0 Å². The molecule has 1 atom stereocenters. The first-order valence-electron chi connectivity index (χ1n) is 9.00. The van der Waals surface area contributed by atoms with Gasteiger partial charge in [-0.25, -0.2) is 0 Å².